The second-order valence-corrected chi connectivity index (χ2v) is 3.84. The van der Waals surface area contributed by atoms with E-state index >= 15 is 0 Å². The van der Waals surface area contributed by atoms with Gasteiger partial charge in [-0.3, -0.25) is 0 Å². The summed E-state index contributed by atoms with van der Waals surface area (Å²) in [4.78, 5) is 0. The molecule has 1 rings (SSSR count). The average Bonchev–Trinajstić information content (AvgIpc) is 2.30. The highest BCUT2D eigenvalue weighted by Gasteiger charge is 1.90. The zero-order chi connectivity index (χ0) is 11.6. The highest BCUT2D eigenvalue weighted by Crippen LogP contribution is 2.04. The highest BCUT2D eigenvalue weighted by atomic mass is 19.1. The molecule has 0 saturated heterocycles. The number of allylic oxidation sites excluding steroid dienone is 1. The topological polar surface area (TPSA) is 12.0 Å². The molecule has 0 heterocycles. The van der Waals surface area contributed by atoms with Gasteiger partial charge in [-0.25, -0.2) is 4.39 Å². The number of hydrogen-bond acceptors (Lipinski definition) is 1. The minimum atomic E-state index is -0.170. The average molecular weight is 221 g/mol. The Bertz CT molecular complexity index is 303. The van der Waals surface area contributed by atoms with Crippen LogP contribution in [0.25, 0.3) is 0 Å². The highest BCUT2D eigenvalue weighted by molar-refractivity contribution is 5.18. The van der Waals surface area contributed by atoms with Gasteiger partial charge in [-0.05, 0) is 50.0 Å². The Morgan fingerprint density at radius 3 is 2.56 bits per heavy atom. The van der Waals surface area contributed by atoms with Gasteiger partial charge in [0.15, 0.2) is 0 Å². The Morgan fingerprint density at radius 2 is 1.88 bits per heavy atom. The van der Waals surface area contributed by atoms with Crippen LogP contribution in [0.15, 0.2) is 36.4 Å². The monoisotopic (exact) mass is 221 g/mol. The molecule has 0 aliphatic rings. The second-order valence-electron chi connectivity index (χ2n) is 3.84. The van der Waals surface area contributed by atoms with Crippen molar-refractivity contribution in [2.45, 2.75) is 26.2 Å². The predicted molar refractivity (Wildman–Crippen MR) is 67.0 cm³/mol. The van der Waals surface area contributed by atoms with Gasteiger partial charge in [0.1, 0.15) is 5.82 Å². The molecule has 0 aliphatic heterocycles. The molecule has 1 aromatic rings. The third-order valence-electron chi connectivity index (χ3n) is 2.35. The van der Waals surface area contributed by atoms with Gasteiger partial charge in [0.05, 0.1) is 0 Å². The standard InChI is InChI=1S/C14H20FN/c1-2-11-16-12-5-3-4-6-13-7-9-14(15)10-8-13/h3-4,7-10,16H,2,5-6,11-12H2,1H3. The first kappa shape index (κ1) is 12.9. The lowest BCUT2D eigenvalue weighted by Crippen LogP contribution is -2.14. The molecule has 0 spiro atoms. The Labute approximate surface area is 97.4 Å². The Morgan fingerprint density at radius 1 is 1.12 bits per heavy atom. The van der Waals surface area contributed by atoms with Gasteiger partial charge in [-0.15, -0.1) is 0 Å². The molecule has 2 heteroatoms. The van der Waals surface area contributed by atoms with Crippen LogP contribution in [0.3, 0.4) is 0 Å². The van der Waals surface area contributed by atoms with Crippen molar-refractivity contribution in [3.8, 4) is 0 Å². The maximum atomic E-state index is 12.6. The van der Waals surface area contributed by atoms with Crippen LogP contribution in [0, 0.1) is 5.82 Å². The van der Waals surface area contributed by atoms with Gasteiger partial charge in [-0.2, -0.15) is 0 Å². The third-order valence-corrected chi connectivity index (χ3v) is 2.35. The van der Waals surface area contributed by atoms with E-state index in [4.69, 9.17) is 0 Å². The van der Waals surface area contributed by atoms with Crippen molar-refractivity contribution in [3.63, 3.8) is 0 Å². The maximum absolute atomic E-state index is 12.6. The minimum Gasteiger partial charge on any atom is -0.316 e. The van der Waals surface area contributed by atoms with Crippen LogP contribution >= 0.6 is 0 Å². The van der Waals surface area contributed by atoms with Gasteiger partial charge in [-0.1, -0.05) is 31.2 Å². The molecule has 0 unspecified atom stereocenters. The first-order chi connectivity index (χ1) is 7.83. The fraction of sp³-hybridized carbons (Fsp3) is 0.429. The number of hydrogen-bond donors (Lipinski definition) is 1. The largest absolute Gasteiger partial charge is 0.316 e. The van der Waals surface area contributed by atoms with Crippen LogP contribution in [0.1, 0.15) is 25.3 Å². The summed E-state index contributed by atoms with van der Waals surface area (Å²) in [5.41, 5.74) is 1.15. The van der Waals surface area contributed by atoms with Crippen LogP contribution in [-0.2, 0) is 6.42 Å². The van der Waals surface area contributed by atoms with E-state index in [9.17, 15) is 4.39 Å². The van der Waals surface area contributed by atoms with Crippen LogP contribution in [0.2, 0.25) is 0 Å². The van der Waals surface area contributed by atoms with Crippen molar-refractivity contribution in [2.24, 2.45) is 0 Å². The van der Waals surface area contributed by atoms with Crippen molar-refractivity contribution in [1.82, 2.24) is 5.32 Å². The quantitative estimate of drug-likeness (QED) is 0.550. The van der Waals surface area contributed by atoms with Crippen molar-refractivity contribution in [1.29, 1.82) is 0 Å². The molecule has 0 amide bonds. The molecule has 16 heavy (non-hydrogen) atoms. The van der Waals surface area contributed by atoms with E-state index in [2.05, 4.69) is 24.4 Å². The summed E-state index contributed by atoms with van der Waals surface area (Å²) in [5, 5.41) is 3.34. The summed E-state index contributed by atoms with van der Waals surface area (Å²) < 4.78 is 12.6. The second kappa shape index (κ2) is 8.05. The summed E-state index contributed by atoms with van der Waals surface area (Å²) in [5.74, 6) is -0.170. The Kier molecular flexibility index (Phi) is 6.50. The lowest BCUT2D eigenvalue weighted by atomic mass is 10.1. The third kappa shape index (κ3) is 5.66. The molecule has 0 aromatic heterocycles. The summed E-state index contributed by atoms with van der Waals surface area (Å²) in [6.45, 7) is 4.29. The lowest BCUT2D eigenvalue weighted by Gasteiger charge is -1.98. The molecule has 88 valence electrons. The van der Waals surface area contributed by atoms with E-state index in [1.807, 2.05) is 12.1 Å². The van der Waals surface area contributed by atoms with Gasteiger partial charge >= 0.3 is 0 Å². The molecule has 1 aromatic carbocycles. The zero-order valence-electron chi connectivity index (χ0n) is 9.88. The predicted octanol–water partition coefficient (Wildman–Crippen LogP) is 3.31. The summed E-state index contributed by atoms with van der Waals surface area (Å²) in [6, 6.07) is 6.67. The fourth-order valence-electron chi connectivity index (χ4n) is 1.44. The van der Waals surface area contributed by atoms with Crippen LogP contribution in [0.4, 0.5) is 4.39 Å². The van der Waals surface area contributed by atoms with Gasteiger partial charge in [0.25, 0.3) is 0 Å². The normalized spacial score (nSPS) is 11.1. The van der Waals surface area contributed by atoms with Gasteiger partial charge < -0.3 is 5.32 Å². The molecular formula is C14H20FN. The lowest BCUT2D eigenvalue weighted by molar-refractivity contribution is 0.627. The van der Waals surface area contributed by atoms with Crippen LogP contribution in [-0.4, -0.2) is 13.1 Å². The number of halogens is 1. The molecule has 1 nitrogen and oxygen atoms in total. The number of nitrogens with one attached hydrogen (secondary N) is 1. The molecular weight excluding hydrogens is 201 g/mol. The first-order valence-electron chi connectivity index (χ1n) is 5.93. The molecule has 0 atom stereocenters. The van der Waals surface area contributed by atoms with E-state index in [-0.39, 0.29) is 5.82 Å². The Balaban J connectivity index is 2.14. The van der Waals surface area contributed by atoms with Gasteiger partial charge in [0, 0.05) is 0 Å². The summed E-state index contributed by atoms with van der Waals surface area (Å²) in [7, 11) is 0. The smallest absolute Gasteiger partial charge is 0.123 e. The fourth-order valence-corrected chi connectivity index (χ4v) is 1.44. The van der Waals surface area contributed by atoms with Crippen molar-refractivity contribution in [2.75, 3.05) is 13.1 Å². The van der Waals surface area contributed by atoms with Crippen molar-refractivity contribution < 1.29 is 4.39 Å². The SMILES string of the molecule is CCCNCCC=CCc1ccc(F)cc1. The first-order valence-corrected chi connectivity index (χ1v) is 5.93. The maximum Gasteiger partial charge on any atom is 0.123 e. The number of rotatable bonds is 7. The van der Waals surface area contributed by atoms with Crippen molar-refractivity contribution in [3.05, 3.63) is 47.8 Å². The summed E-state index contributed by atoms with van der Waals surface area (Å²) in [6.07, 6.45) is 7.43. The van der Waals surface area contributed by atoms with Gasteiger partial charge in [0.2, 0.25) is 0 Å². The van der Waals surface area contributed by atoms with E-state index in [1.54, 1.807) is 0 Å². The zero-order valence-corrected chi connectivity index (χ0v) is 9.88. The molecule has 0 bridgehead atoms. The molecule has 1 N–H and O–H groups in total. The van der Waals surface area contributed by atoms with Crippen LogP contribution in [0.5, 0.6) is 0 Å². The number of benzene rings is 1. The van der Waals surface area contributed by atoms with Crippen LogP contribution < -0.4 is 5.32 Å². The molecule has 0 aliphatic carbocycles. The van der Waals surface area contributed by atoms with E-state index < -0.39 is 0 Å². The van der Waals surface area contributed by atoms with E-state index in [0.717, 1.165) is 31.5 Å². The molecule has 0 fully saturated rings. The van der Waals surface area contributed by atoms with E-state index in [0.29, 0.717) is 0 Å². The molecule has 0 saturated carbocycles. The van der Waals surface area contributed by atoms with E-state index in [1.165, 1.54) is 18.6 Å². The minimum absolute atomic E-state index is 0.170. The summed E-state index contributed by atoms with van der Waals surface area (Å²) >= 11 is 0. The molecule has 0 radical (unpaired) electrons. The Hall–Kier alpha value is -1.15. The van der Waals surface area contributed by atoms with Crippen molar-refractivity contribution >= 4 is 0 Å².